The zero-order valence-corrected chi connectivity index (χ0v) is 7.85. The number of terminal acetylenes is 1. The average Bonchev–Trinajstić information content (AvgIpc) is 2.19. The van der Waals surface area contributed by atoms with Crippen LogP contribution in [0.5, 0.6) is 0 Å². The minimum absolute atomic E-state index is 0.153. The monoisotopic (exact) mass is 195 g/mol. The van der Waals surface area contributed by atoms with E-state index >= 15 is 0 Å². The molecule has 0 saturated heterocycles. The minimum atomic E-state index is -0.873. The molecule has 14 heavy (non-hydrogen) atoms. The van der Waals surface area contributed by atoms with Gasteiger partial charge in [0.15, 0.2) is 11.6 Å². The van der Waals surface area contributed by atoms with Gasteiger partial charge >= 0.3 is 0 Å². The van der Waals surface area contributed by atoms with Crippen molar-refractivity contribution in [3.8, 4) is 12.3 Å². The van der Waals surface area contributed by atoms with Gasteiger partial charge in [-0.1, -0.05) is 12.8 Å². The van der Waals surface area contributed by atoms with Crippen molar-refractivity contribution in [2.24, 2.45) is 0 Å². The van der Waals surface area contributed by atoms with Crippen molar-refractivity contribution in [3.63, 3.8) is 0 Å². The zero-order valence-electron chi connectivity index (χ0n) is 7.85. The lowest BCUT2D eigenvalue weighted by Gasteiger charge is -2.11. The van der Waals surface area contributed by atoms with Crippen molar-refractivity contribution < 1.29 is 8.78 Å². The fourth-order valence-corrected chi connectivity index (χ4v) is 1.05. The van der Waals surface area contributed by atoms with Gasteiger partial charge in [-0.3, -0.25) is 0 Å². The van der Waals surface area contributed by atoms with E-state index in [0.29, 0.717) is 5.69 Å². The Morgan fingerprint density at radius 1 is 1.43 bits per heavy atom. The highest BCUT2D eigenvalue weighted by Gasteiger charge is 2.05. The Balaban J connectivity index is 2.78. The fourth-order valence-electron chi connectivity index (χ4n) is 1.05. The molecule has 1 aromatic rings. The van der Waals surface area contributed by atoms with Crippen LogP contribution in [0.25, 0.3) is 0 Å². The number of anilines is 1. The molecule has 3 heteroatoms. The lowest BCUT2D eigenvalue weighted by molar-refractivity contribution is 0.509. The van der Waals surface area contributed by atoms with Crippen LogP contribution in [0.3, 0.4) is 0 Å². The minimum Gasteiger partial charge on any atom is -0.371 e. The molecule has 0 aliphatic heterocycles. The SMILES string of the molecule is C#CC(CC)Nc1ccc(F)c(F)c1. The summed E-state index contributed by atoms with van der Waals surface area (Å²) in [6.45, 7) is 1.91. The molecule has 0 radical (unpaired) electrons. The van der Waals surface area contributed by atoms with Gasteiger partial charge in [0.2, 0.25) is 0 Å². The van der Waals surface area contributed by atoms with Gasteiger partial charge in [0.1, 0.15) is 0 Å². The molecular weight excluding hydrogens is 184 g/mol. The van der Waals surface area contributed by atoms with Gasteiger partial charge in [0.05, 0.1) is 6.04 Å². The van der Waals surface area contributed by atoms with E-state index in [2.05, 4.69) is 11.2 Å². The largest absolute Gasteiger partial charge is 0.371 e. The molecule has 0 saturated carbocycles. The molecular formula is C11H11F2N. The predicted octanol–water partition coefficient (Wildman–Crippen LogP) is 2.79. The molecule has 0 spiro atoms. The Morgan fingerprint density at radius 2 is 2.14 bits per heavy atom. The summed E-state index contributed by atoms with van der Waals surface area (Å²) in [7, 11) is 0. The second kappa shape index (κ2) is 4.61. The molecule has 1 unspecified atom stereocenters. The molecule has 0 aliphatic carbocycles. The number of halogens is 2. The topological polar surface area (TPSA) is 12.0 Å². The third kappa shape index (κ3) is 2.46. The van der Waals surface area contributed by atoms with Gasteiger partial charge in [-0.25, -0.2) is 8.78 Å². The molecule has 0 amide bonds. The number of rotatable bonds is 3. The van der Waals surface area contributed by atoms with E-state index in [1.807, 2.05) is 6.92 Å². The van der Waals surface area contributed by atoms with Gasteiger partial charge in [-0.15, -0.1) is 6.42 Å². The molecule has 0 bridgehead atoms. The molecule has 1 nitrogen and oxygen atoms in total. The van der Waals surface area contributed by atoms with Gasteiger partial charge in [0, 0.05) is 11.8 Å². The molecule has 0 aromatic heterocycles. The molecule has 0 heterocycles. The molecule has 0 aliphatic rings. The van der Waals surface area contributed by atoms with Crippen molar-refractivity contribution in [1.29, 1.82) is 0 Å². The standard InChI is InChI=1S/C11H11F2N/c1-3-8(4-2)14-9-5-6-10(12)11(13)7-9/h1,5-8,14H,4H2,2H3. The van der Waals surface area contributed by atoms with E-state index in [1.165, 1.54) is 6.07 Å². The fraction of sp³-hybridized carbons (Fsp3) is 0.273. The van der Waals surface area contributed by atoms with E-state index in [4.69, 9.17) is 6.42 Å². The Hall–Kier alpha value is -1.56. The molecule has 1 rings (SSSR count). The first kappa shape index (κ1) is 10.5. The summed E-state index contributed by atoms with van der Waals surface area (Å²) in [5.74, 6) is 0.777. The third-order valence-corrected chi connectivity index (χ3v) is 1.87. The van der Waals surface area contributed by atoms with Crippen molar-refractivity contribution in [1.82, 2.24) is 0 Å². The first-order valence-corrected chi connectivity index (χ1v) is 4.35. The summed E-state index contributed by atoms with van der Waals surface area (Å²) in [6.07, 6.45) is 5.95. The smallest absolute Gasteiger partial charge is 0.160 e. The van der Waals surface area contributed by atoms with Crippen molar-refractivity contribution in [2.45, 2.75) is 19.4 Å². The summed E-state index contributed by atoms with van der Waals surface area (Å²) in [6, 6.07) is 3.47. The van der Waals surface area contributed by atoms with Crippen LogP contribution in [0, 0.1) is 24.0 Å². The number of hydrogen-bond donors (Lipinski definition) is 1. The summed E-state index contributed by atoms with van der Waals surface area (Å²) >= 11 is 0. The predicted molar refractivity (Wildman–Crippen MR) is 52.9 cm³/mol. The summed E-state index contributed by atoms with van der Waals surface area (Å²) in [4.78, 5) is 0. The van der Waals surface area contributed by atoms with Crippen molar-refractivity contribution in [2.75, 3.05) is 5.32 Å². The summed E-state index contributed by atoms with van der Waals surface area (Å²) in [5, 5.41) is 2.90. The molecule has 74 valence electrons. The van der Waals surface area contributed by atoms with Crippen molar-refractivity contribution >= 4 is 5.69 Å². The van der Waals surface area contributed by atoms with E-state index in [9.17, 15) is 8.78 Å². The van der Waals surface area contributed by atoms with Gasteiger partial charge in [0.25, 0.3) is 0 Å². The van der Waals surface area contributed by atoms with E-state index < -0.39 is 11.6 Å². The number of hydrogen-bond acceptors (Lipinski definition) is 1. The molecule has 1 N–H and O–H groups in total. The van der Waals surface area contributed by atoms with Crippen LogP contribution in [-0.2, 0) is 0 Å². The Labute approximate surface area is 82.1 Å². The van der Waals surface area contributed by atoms with Crippen LogP contribution in [0.2, 0.25) is 0 Å². The van der Waals surface area contributed by atoms with Crippen LogP contribution in [0.15, 0.2) is 18.2 Å². The Kier molecular flexibility index (Phi) is 3.47. The molecule has 1 atom stereocenters. The lowest BCUT2D eigenvalue weighted by Crippen LogP contribution is -2.15. The average molecular weight is 195 g/mol. The normalized spacial score (nSPS) is 11.9. The second-order valence-corrected chi connectivity index (χ2v) is 2.90. The highest BCUT2D eigenvalue weighted by molar-refractivity contribution is 5.45. The summed E-state index contributed by atoms with van der Waals surface area (Å²) < 4.78 is 25.3. The maximum absolute atomic E-state index is 12.8. The van der Waals surface area contributed by atoms with E-state index in [-0.39, 0.29) is 6.04 Å². The van der Waals surface area contributed by atoms with E-state index in [0.717, 1.165) is 18.6 Å². The first-order valence-electron chi connectivity index (χ1n) is 4.35. The molecule has 1 aromatic carbocycles. The third-order valence-electron chi connectivity index (χ3n) is 1.87. The zero-order chi connectivity index (χ0) is 10.6. The van der Waals surface area contributed by atoms with Crippen molar-refractivity contribution in [3.05, 3.63) is 29.8 Å². The lowest BCUT2D eigenvalue weighted by atomic mass is 10.2. The highest BCUT2D eigenvalue weighted by atomic mass is 19.2. The van der Waals surface area contributed by atoms with Gasteiger partial charge in [-0.2, -0.15) is 0 Å². The Bertz CT molecular complexity index is 355. The van der Waals surface area contributed by atoms with Gasteiger partial charge < -0.3 is 5.32 Å². The second-order valence-electron chi connectivity index (χ2n) is 2.90. The van der Waals surface area contributed by atoms with Crippen LogP contribution in [0.4, 0.5) is 14.5 Å². The summed E-state index contributed by atoms with van der Waals surface area (Å²) in [5.41, 5.74) is 0.494. The Morgan fingerprint density at radius 3 is 2.64 bits per heavy atom. The highest BCUT2D eigenvalue weighted by Crippen LogP contribution is 2.14. The number of benzene rings is 1. The maximum Gasteiger partial charge on any atom is 0.160 e. The quantitative estimate of drug-likeness (QED) is 0.731. The van der Waals surface area contributed by atoms with Crippen LogP contribution in [0.1, 0.15) is 13.3 Å². The van der Waals surface area contributed by atoms with E-state index in [1.54, 1.807) is 0 Å². The molecule has 0 fully saturated rings. The van der Waals surface area contributed by atoms with Gasteiger partial charge in [-0.05, 0) is 18.6 Å². The van der Waals surface area contributed by atoms with Crippen LogP contribution in [-0.4, -0.2) is 6.04 Å². The maximum atomic E-state index is 12.8. The first-order chi connectivity index (χ1) is 6.67. The van der Waals surface area contributed by atoms with Crippen LogP contribution < -0.4 is 5.32 Å². The van der Waals surface area contributed by atoms with Crippen LogP contribution >= 0.6 is 0 Å². The number of nitrogens with one attached hydrogen (secondary N) is 1.